The zero-order valence-electron chi connectivity index (χ0n) is 8.88. The SMILES string of the molecule is COc1ccc2cc(C(O)C(F)(F)F)[nH]c2c1. The maximum absolute atomic E-state index is 12.3. The average Bonchev–Trinajstić information content (AvgIpc) is 2.68. The van der Waals surface area contributed by atoms with E-state index in [1.807, 2.05) is 0 Å². The molecule has 0 radical (unpaired) electrons. The molecule has 1 aromatic heterocycles. The maximum Gasteiger partial charge on any atom is 0.420 e. The van der Waals surface area contributed by atoms with Crippen molar-refractivity contribution < 1.29 is 23.0 Å². The van der Waals surface area contributed by atoms with Crippen molar-refractivity contribution in [1.29, 1.82) is 0 Å². The summed E-state index contributed by atoms with van der Waals surface area (Å²) in [6.07, 6.45) is -7.17. The van der Waals surface area contributed by atoms with Crippen LogP contribution in [0.4, 0.5) is 13.2 Å². The Labute approximate surface area is 94.8 Å². The Bertz CT molecular complexity index is 533. The van der Waals surface area contributed by atoms with Gasteiger partial charge in [-0.05, 0) is 18.2 Å². The third-order valence-electron chi connectivity index (χ3n) is 2.46. The van der Waals surface area contributed by atoms with Crippen LogP contribution < -0.4 is 4.74 Å². The summed E-state index contributed by atoms with van der Waals surface area (Å²) in [6, 6.07) is 6.10. The molecule has 92 valence electrons. The minimum absolute atomic E-state index is 0.277. The van der Waals surface area contributed by atoms with Crippen molar-refractivity contribution in [2.45, 2.75) is 12.3 Å². The van der Waals surface area contributed by atoms with Crippen LogP contribution >= 0.6 is 0 Å². The molecule has 1 heterocycles. The van der Waals surface area contributed by atoms with Gasteiger partial charge in [-0.15, -0.1) is 0 Å². The molecule has 17 heavy (non-hydrogen) atoms. The van der Waals surface area contributed by atoms with Gasteiger partial charge in [-0.3, -0.25) is 0 Å². The van der Waals surface area contributed by atoms with Crippen LogP contribution in [0.5, 0.6) is 5.75 Å². The molecule has 1 unspecified atom stereocenters. The van der Waals surface area contributed by atoms with Gasteiger partial charge in [0.1, 0.15) is 5.75 Å². The summed E-state index contributed by atoms with van der Waals surface area (Å²) in [7, 11) is 1.47. The number of hydrogen-bond acceptors (Lipinski definition) is 2. The number of aromatic amines is 1. The zero-order chi connectivity index (χ0) is 12.6. The molecule has 0 aliphatic heterocycles. The van der Waals surface area contributed by atoms with Crippen LogP contribution in [0.1, 0.15) is 11.8 Å². The van der Waals surface area contributed by atoms with Crippen molar-refractivity contribution >= 4 is 10.9 Å². The van der Waals surface area contributed by atoms with Crippen molar-refractivity contribution in [3.63, 3.8) is 0 Å². The molecule has 3 nitrogen and oxygen atoms in total. The van der Waals surface area contributed by atoms with Gasteiger partial charge in [0.25, 0.3) is 0 Å². The lowest BCUT2D eigenvalue weighted by atomic mass is 10.2. The van der Waals surface area contributed by atoms with Crippen molar-refractivity contribution in [3.8, 4) is 5.75 Å². The average molecular weight is 245 g/mol. The molecule has 1 atom stereocenters. The standard InChI is InChI=1S/C11H10F3NO2/c1-17-7-3-2-6-4-9(15-8(6)5-7)10(16)11(12,13)14/h2-5,10,15-16H,1H3. The van der Waals surface area contributed by atoms with E-state index in [0.29, 0.717) is 16.7 Å². The van der Waals surface area contributed by atoms with Crippen LogP contribution in [0.3, 0.4) is 0 Å². The van der Waals surface area contributed by atoms with Crippen LogP contribution in [-0.4, -0.2) is 23.4 Å². The monoisotopic (exact) mass is 245 g/mol. The normalized spacial score (nSPS) is 13.9. The smallest absolute Gasteiger partial charge is 0.420 e. The number of ether oxygens (including phenoxy) is 1. The lowest BCUT2D eigenvalue weighted by Crippen LogP contribution is -2.20. The van der Waals surface area contributed by atoms with E-state index >= 15 is 0 Å². The highest BCUT2D eigenvalue weighted by molar-refractivity contribution is 5.82. The van der Waals surface area contributed by atoms with Gasteiger partial charge in [-0.25, -0.2) is 0 Å². The first-order valence-corrected chi connectivity index (χ1v) is 4.83. The number of rotatable bonds is 2. The fraction of sp³-hybridized carbons (Fsp3) is 0.273. The minimum Gasteiger partial charge on any atom is -0.497 e. The minimum atomic E-state index is -4.68. The van der Waals surface area contributed by atoms with E-state index in [0.717, 1.165) is 0 Å². The molecule has 0 bridgehead atoms. The molecular formula is C11H10F3NO2. The van der Waals surface area contributed by atoms with Crippen LogP contribution in [0.15, 0.2) is 24.3 Å². The van der Waals surface area contributed by atoms with Gasteiger partial charge in [-0.1, -0.05) is 0 Å². The lowest BCUT2D eigenvalue weighted by molar-refractivity contribution is -0.207. The molecule has 0 fully saturated rings. The number of methoxy groups -OCH3 is 1. The second kappa shape index (κ2) is 3.96. The Balaban J connectivity index is 2.44. The van der Waals surface area contributed by atoms with Crippen LogP contribution in [-0.2, 0) is 0 Å². The fourth-order valence-corrected chi connectivity index (χ4v) is 1.58. The molecule has 0 saturated carbocycles. The lowest BCUT2D eigenvalue weighted by Gasteiger charge is -2.12. The third kappa shape index (κ3) is 2.21. The van der Waals surface area contributed by atoms with Gasteiger partial charge in [0.2, 0.25) is 0 Å². The predicted octanol–water partition coefficient (Wildman–Crippen LogP) is 2.77. The van der Waals surface area contributed by atoms with E-state index in [1.165, 1.54) is 13.2 Å². The third-order valence-corrected chi connectivity index (χ3v) is 2.46. The summed E-state index contributed by atoms with van der Waals surface area (Å²) in [6.45, 7) is 0. The quantitative estimate of drug-likeness (QED) is 0.854. The van der Waals surface area contributed by atoms with Crippen molar-refractivity contribution in [2.75, 3.05) is 7.11 Å². The fourth-order valence-electron chi connectivity index (χ4n) is 1.58. The first-order chi connectivity index (χ1) is 7.91. The van der Waals surface area contributed by atoms with E-state index in [9.17, 15) is 13.2 Å². The summed E-state index contributed by atoms with van der Waals surface area (Å²) in [4.78, 5) is 2.53. The Morgan fingerprint density at radius 1 is 1.29 bits per heavy atom. The number of halogens is 3. The highest BCUT2D eigenvalue weighted by Gasteiger charge is 2.40. The van der Waals surface area contributed by atoms with Gasteiger partial charge in [0, 0.05) is 17.0 Å². The number of aromatic nitrogens is 1. The van der Waals surface area contributed by atoms with Crippen LogP contribution in [0, 0.1) is 0 Å². The molecule has 0 aliphatic carbocycles. The van der Waals surface area contributed by atoms with E-state index in [-0.39, 0.29) is 5.69 Å². The topological polar surface area (TPSA) is 45.2 Å². The van der Waals surface area contributed by atoms with Crippen molar-refractivity contribution in [3.05, 3.63) is 30.0 Å². The number of hydrogen-bond donors (Lipinski definition) is 2. The molecule has 6 heteroatoms. The zero-order valence-corrected chi connectivity index (χ0v) is 8.88. The van der Waals surface area contributed by atoms with Gasteiger partial charge in [0.15, 0.2) is 6.10 Å². The molecule has 2 aromatic rings. The highest BCUT2D eigenvalue weighted by atomic mass is 19.4. The van der Waals surface area contributed by atoms with Crippen LogP contribution in [0.2, 0.25) is 0 Å². The van der Waals surface area contributed by atoms with E-state index < -0.39 is 12.3 Å². The van der Waals surface area contributed by atoms with Gasteiger partial charge >= 0.3 is 6.18 Å². The molecule has 1 aromatic carbocycles. The number of nitrogens with one attached hydrogen (secondary N) is 1. The predicted molar refractivity (Wildman–Crippen MR) is 55.9 cm³/mol. The number of fused-ring (bicyclic) bond motifs is 1. The summed E-state index contributed by atoms with van der Waals surface area (Å²) in [5, 5.41) is 9.68. The largest absolute Gasteiger partial charge is 0.497 e. The van der Waals surface area contributed by atoms with Gasteiger partial charge in [0.05, 0.1) is 12.8 Å². The first kappa shape index (κ1) is 11.8. The summed E-state index contributed by atoms with van der Waals surface area (Å²) >= 11 is 0. The number of aliphatic hydroxyl groups is 1. The second-order valence-corrected chi connectivity index (χ2v) is 3.62. The van der Waals surface area contributed by atoms with E-state index in [2.05, 4.69) is 4.98 Å². The van der Waals surface area contributed by atoms with Gasteiger partial charge < -0.3 is 14.8 Å². The molecule has 2 rings (SSSR count). The van der Waals surface area contributed by atoms with E-state index in [1.54, 1.807) is 18.2 Å². The molecular weight excluding hydrogens is 235 g/mol. The number of alkyl halides is 3. The maximum atomic E-state index is 12.3. The molecule has 2 N–H and O–H groups in total. The van der Waals surface area contributed by atoms with E-state index in [4.69, 9.17) is 9.84 Å². The summed E-state index contributed by atoms with van der Waals surface area (Å²) in [5.74, 6) is 0.535. The van der Waals surface area contributed by atoms with Crippen molar-refractivity contribution in [2.24, 2.45) is 0 Å². The highest BCUT2D eigenvalue weighted by Crippen LogP contribution is 2.33. The number of aliphatic hydroxyl groups excluding tert-OH is 1. The molecule has 0 spiro atoms. The van der Waals surface area contributed by atoms with Crippen LogP contribution in [0.25, 0.3) is 10.9 Å². The Kier molecular flexibility index (Phi) is 2.74. The second-order valence-electron chi connectivity index (χ2n) is 3.62. The van der Waals surface area contributed by atoms with Gasteiger partial charge in [-0.2, -0.15) is 13.2 Å². The molecule has 0 saturated heterocycles. The number of H-pyrrole nitrogens is 1. The number of benzene rings is 1. The summed E-state index contributed by atoms with van der Waals surface area (Å²) in [5.41, 5.74) is 0.211. The Hall–Kier alpha value is -1.69. The Morgan fingerprint density at radius 2 is 2.00 bits per heavy atom. The molecule has 0 amide bonds. The summed E-state index contributed by atoms with van der Waals surface area (Å²) < 4.78 is 41.9. The first-order valence-electron chi connectivity index (χ1n) is 4.83. The molecule has 0 aliphatic rings. The van der Waals surface area contributed by atoms with Crippen molar-refractivity contribution in [1.82, 2.24) is 4.98 Å². The Morgan fingerprint density at radius 3 is 2.59 bits per heavy atom.